The number of aliphatic hydroxyl groups excluding tert-OH is 1. The minimum Gasteiger partial charge on any atom is -0.393 e. The van der Waals surface area contributed by atoms with Crippen molar-refractivity contribution in [2.75, 3.05) is 31.7 Å². The van der Waals surface area contributed by atoms with Gasteiger partial charge in [-0.2, -0.15) is 5.10 Å². The van der Waals surface area contributed by atoms with Crippen LogP contribution in [0, 0.1) is 5.92 Å². The highest BCUT2D eigenvalue weighted by atomic mass is 16.5. The van der Waals surface area contributed by atoms with E-state index in [4.69, 9.17) is 14.6 Å². The van der Waals surface area contributed by atoms with Gasteiger partial charge >= 0.3 is 0 Å². The predicted molar refractivity (Wildman–Crippen MR) is 119 cm³/mol. The zero-order valence-corrected chi connectivity index (χ0v) is 18.4. The van der Waals surface area contributed by atoms with Crippen LogP contribution in [0.15, 0.2) is 24.7 Å². The molecule has 3 aliphatic rings. The van der Waals surface area contributed by atoms with Crippen LogP contribution in [0.2, 0.25) is 0 Å². The lowest BCUT2D eigenvalue weighted by molar-refractivity contribution is -0.0380. The molecule has 0 spiro atoms. The van der Waals surface area contributed by atoms with Crippen LogP contribution in [0.25, 0.3) is 16.6 Å². The number of ether oxygens (including phenoxy) is 2. The van der Waals surface area contributed by atoms with Crippen LogP contribution in [-0.4, -0.2) is 68.1 Å². The van der Waals surface area contributed by atoms with Crippen molar-refractivity contribution in [1.82, 2.24) is 24.4 Å². The maximum Gasteiger partial charge on any atom is 0.241 e. The maximum absolute atomic E-state index is 10.0. The molecule has 3 aromatic rings. The zero-order valence-electron chi connectivity index (χ0n) is 18.4. The van der Waals surface area contributed by atoms with Gasteiger partial charge in [-0.25, -0.2) is 9.50 Å². The third kappa shape index (κ3) is 3.58. The lowest BCUT2D eigenvalue weighted by Crippen LogP contribution is -2.40. The van der Waals surface area contributed by atoms with E-state index in [1.54, 1.807) is 0 Å². The average molecular weight is 439 g/mol. The molecule has 1 aliphatic carbocycles. The number of nitrogens with zero attached hydrogens (tertiary/aromatic N) is 5. The molecule has 9 heteroatoms. The van der Waals surface area contributed by atoms with Gasteiger partial charge in [-0.3, -0.25) is 4.68 Å². The van der Waals surface area contributed by atoms with E-state index in [-0.39, 0.29) is 12.1 Å². The minimum absolute atomic E-state index is 0.183. The minimum atomic E-state index is -0.183. The van der Waals surface area contributed by atoms with Crippen LogP contribution < -0.4 is 5.32 Å². The molecule has 3 aromatic heterocycles. The molecule has 2 N–H and O–H groups in total. The Bertz CT molecular complexity index is 1090. The molecule has 0 unspecified atom stereocenters. The molecular weight excluding hydrogens is 408 g/mol. The highest BCUT2D eigenvalue weighted by Gasteiger charge is 2.28. The van der Waals surface area contributed by atoms with Crippen LogP contribution >= 0.6 is 0 Å². The molecule has 3 fully saturated rings. The largest absolute Gasteiger partial charge is 0.393 e. The van der Waals surface area contributed by atoms with Crippen molar-refractivity contribution in [2.45, 2.75) is 56.7 Å². The van der Waals surface area contributed by atoms with Crippen molar-refractivity contribution >= 4 is 11.5 Å². The zero-order chi connectivity index (χ0) is 21.7. The second-order valence-corrected chi connectivity index (χ2v) is 9.50. The lowest BCUT2D eigenvalue weighted by Gasteiger charge is -2.31. The van der Waals surface area contributed by atoms with E-state index in [2.05, 4.69) is 39.1 Å². The first kappa shape index (κ1) is 20.1. The molecule has 170 valence electrons. The SMILES string of the molecule is C[C@H](Nc1ncc2c(-c3cnn(C4COC4)c3)cc(C3CCC(O)CC3)n2n1)C1COC1. The molecule has 0 aromatic carbocycles. The van der Waals surface area contributed by atoms with E-state index in [1.807, 2.05) is 17.1 Å². The van der Waals surface area contributed by atoms with E-state index < -0.39 is 0 Å². The number of hydrogen-bond donors (Lipinski definition) is 2. The van der Waals surface area contributed by atoms with Crippen molar-refractivity contribution in [3.8, 4) is 11.1 Å². The van der Waals surface area contributed by atoms with Gasteiger partial charge in [0.1, 0.15) is 0 Å². The Morgan fingerprint density at radius 2 is 1.88 bits per heavy atom. The summed E-state index contributed by atoms with van der Waals surface area (Å²) in [6.07, 6.45) is 9.36. The smallest absolute Gasteiger partial charge is 0.241 e. The quantitative estimate of drug-likeness (QED) is 0.610. The summed E-state index contributed by atoms with van der Waals surface area (Å²) in [7, 11) is 0. The molecular formula is C23H30N6O3. The average Bonchev–Trinajstić information content (AvgIpc) is 3.31. The molecule has 2 saturated heterocycles. The third-order valence-electron chi connectivity index (χ3n) is 7.29. The maximum atomic E-state index is 10.0. The normalized spacial score (nSPS) is 25.4. The summed E-state index contributed by atoms with van der Waals surface area (Å²) in [4.78, 5) is 4.64. The van der Waals surface area contributed by atoms with Crippen LogP contribution in [0.5, 0.6) is 0 Å². The molecule has 9 nitrogen and oxygen atoms in total. The van der Waals surface area contributed by atoms with Crippen LogP contribution in [0.4, 0.5) is 5.95 Å². The number of fused-ring (bicyclic) bond motifs is 1. The van der Waals surface area contributed by atoms with Crippen molar-refractivity contribution in [3.63, 3.8) is 0 Å². The second kappa shape index (κ2) is 8.13. The van der Waals surface area contributed by atoms with Crippen LogP contribution in [0.3, 0.4) is 0 Å². The lowest BCUT2D eigenvalue weighted by atomic mass is 9.85. The van der Waals surface area contributed by atoms with Gasteiger partial charge in [0, 0.05) is 40.9 Å². The summed E-state index contributed by atoms with van der Waals surface area (Å²) in [5.74, 6) is 1.50. The monoisotopic (exact) mass is 438 g/mol. The Balaban J connectivity index is 1.37. The molecule has 5 heterocycles. The van der Waals surface area contributed by atoms with Crippen molar-refractivity contribution in [2.24, 2.45) is 5.92 Å². The summed E-state index contributed by atoms with van der Waals surface area (Å²) in [5, 5.41) is 23.0. The van der Waals surface area contributed by atoms with Gasteiger partial charge in [-0.1, -0.05) is 0 Å². The highest BCUT2D eigenvalue weighted by Crippen LogP contribution is 2.38. The number of aliphatic hydroxyl groups is 1. The first-order valence-electron chi connectivity index (χ1n) is 11.7. The van der Waals surface area contributed by atoms with Gasteiger partial charge in [0.2, 0.25) is 5.95 Å². The Hall–Kier alpha value is -2.49. The van der Waals surface area contributed by atoms with E-state index in [0.717, 1.165) is 68.8 Å². The predicted octanol–water partition coefficient (Wildman–Crippen LogP) is 2.63. The van der Waals surface area contributed by atoms with Gasteiger partial charge in [0.25, 0.3) is 0 Å². The Morgan fingerprint density at radius 1 is 1.09 bits per heavy atom. The number of rotatable bonds is 6. The molecule has 1 saturated carbocycles. The molecule has 32 heavy (non-hydrogen) atoms. The van der Waals surface area contributed by atoms with Crippen molar-refractivity contribution in [1.29, 1.82) is 0 Å². The fourth-order valence-electron chi connectivity index (χ4n) is 4.89. The highest BCUT2D eigenvalue weighted by molar-refractivity contribution is 5.81. The topological polar surface area (TPSA) is 98.7 Å². The molecule has 2 aliphatic heterocycles. The molecule has 0 amide bonds. The number of aromatic nitrogens is 5. The van der Waals surface area contributed by atoms with Gasteiger partial charge < -0.3 is 19.9 Å². The Kier molecular flexibility index (Phi) is 5.12. The molecule has 6 rings (SSSR count). The van der Waals surface area contributed by atoms with Crippen LogP contribution in [-0.2, 0) is 9.47 Å². The van der Waals surface area contributed by atoms with Gasteiger partial charge in [0.15, 0.2) is 0 Å². The van der Waals surface area contributed by atoms with Gasteiger partial charge in [-0.15, -0.1) is 5.10 Å². The van der Waals surface area contributed by atoms with Gasteiger partial charge in [-0.05, 0) is 38.7 Å². The number of nitrogens with one attached hydrogen (secondary N) is 1. The van der Waals surface area contributed by atoms with Crippen molar-refractivity contribution < 1.29 is 14.6 Å². The van der Waals surface area contributed by atoms with E-state index in [9.17, 15) is 5.11 Å². The summed E-state index contributed by atoms with van der Waals surface area (Å²) < 4.78 is 14.7. The fourth-order valence-corrected chi connectivity index (χ4v) is 4.89. The number of hydrogen-bond acceptors (Lipinski definition) is 7. The van der Waals surface area contributed by atoms with E-state index >= 15 is 0 Å². The first-order valence-corrected chi connectivity index (χ1v) is 11.7. The van der Waals surface area contributed by atoms with E-state index in [0.29, 0.717) is 23.8 Å². The summed E-state index contributed by atoms with van der Waals surface area (Å²) in [5.41, 5.74) is 4.35. The summed E-state index contributed by atoms with van der Waals surface area (Å²) >= 11 is 0. The fraction of sp³-hybridized carbons (Fsp3) is 0.609. The Labute approximate surface area is 186 Å². The van der Waals surface area contributed by atoms with Crippen molar-refractivity contribution in [3.05, 3.63) is 30.4 Å². The van der Waals surface area contributed by atoms with Gasteiger partial charge in [0.05, 0.1) is 56.5 Å². The second-order valence-electron chi connectivity index (χ2n) is 9.50. The van der Waals surface area contributed by atoms with Crippen LogP contribution in [0.1, 0.15) is 50.3 Å². The molecule has 0 radical (unpaired) electrons. The summed E-state index contributed by atoms with van der Waals surface area (Å²) in [6.45, 7) is 5.17. The molecule has 0 bridgehead atoms. The summed E-state index contributed by atoms with van der Waals surface area (Å²) in [6, 6.07) is 2.83. The first-order chi connectivity index (χ1) is 15.7. The number of anilines is 1. The van der Waals surface area contributed by atoms with E-state index in [1.165, 1.54) is 5.69 Å². The third-order valence-corrected chi connectivity index (χ3v) is 7.29. The Morgan fingerprint density at radius 3 is 2.56 bits per heavy atom. The standard InChI is InChI=1S/C23H30N6O3/c1-14(17-10-31-11-17)26-23-24-8-22-20(16-7-25-28(9-16)18-12-32-13-18)6-21(29(22)27-23)15-2-4-19(30)5-3-15/h6-9,14-15,17-19,30H,2-5,10-13H2,1H3,(H,26,27)/t14-,15?,19?/m0/s1. The molecule has 1 atom stereocenters.